The zero-order chi connectivity index (χ0) is 20.1. The predicted molar refractivity (Wildman–Crippen MR) is 105 cm³/mol. The van der Waals surface area contributed by atoms with Crippen LogP contribution in [0.25, 0.3) is 0 Å². The van der Waals surface area contributed by atoms with Crippen LogP contribution in [0.2, 0.25) is 0 Å². The number of hydrogen-bond acceptors (Lipinski definition) is 9. The fourth-order valence-electron chi connectivity index (χ4n) is 3.13. The SMILES string of the molecule is CCOC(=O)c1cnc(Nc2cc(N3CCC(CC(=O)O)CC3)nc(C)n2)s1. The Hall–Kier alpha value is -2.75. The van der Waals surface area contributed by atoms with Crippen molar-refractivity contribution >= 4 is 40.0 Å². The first kappa shape index (κ1) is 20.0. The van der Waals surface area contributed by atoms with Gasteiger partial charge in [-0.2, -0.15) is 0 Å². The van der Waals surface area contributed by atoms with Crippen molar-refractivity contribution in [2.75, 3.05) is 29.9 Å². The normalized spacial score (nSPS) is 14.7. The van der Waals surface area contributed by atoms with Crippen molar-refractivity contribution in [3.05, 3.63) is 23.0 Å². The molecule has 0 radical (unpaired) electrons. The highest BCUT2D eigenvalue weighted by molar-refractivity contribution is 7.17. The number of esters is 1. The number of nitrogens with one attached hydrogen (secondary N) is 1. The number of rotatable bonds is 7. The molecule has 3 heterocycles. The number of ether oxygens (including phenoxy) is 1. The van der Waals surface area contributed by atoms with E-state index in [0.29, 0.717) is 28.3 Å². The molecule has 1 saturated heterocycles. The largest absolute Gasteiger partial charge is 0.481 e. The van der Waals surface area contributed by atoms with Crippen molar-refractivity contribution in [3.8, 4) is 0 Å². The second kappa shape index (κ2) is 8.96. The molecule has 1 aliphatic rings. The molecule has 1 aliphatic heterocycles. The molecule has 2 aromatic heterocycles. The van der Waals surface area contributed by atoms with Gasteiger partial charge in [-0.3, -0.25) is 4.79 Å². The van der Waals surface area contributed by atoms with E-state index < -0.39 is 11.9 Å². The Labute approximate surface area is 166 Å². The van der Waals surface area contributed by atoms with Crippen LogP contribution in [-0.4, -0.2) is 51.7 Å². The van der Waals surface area contributed by atoms with E-state index in [1.165, 1.54) is 17.5 Å². The second-order valence-corrected chi connectivity index (χ2v) is 7.59. The van der Waals surface area contributed by atoms with Crippen LogP contribution in [0.5, 0.6) is 0 Å². The lowest BCUT2D eigenvalue weighted by Crippen LogP contribution is -2.35. The summed E-state index contributed by atoms with van der Waals surface area (Å²) in [6, 6.07) is 1.84. The molecule has 0 unspecified atom stereocenters. The molecule has 0 amide bonds. The fourth-order valence-corrected chi connectivity index (χ4v) is 3.85. The third-order valence-corrected chi connectivity index (χ3v) is 5.34. The second-order valence-electron chi connectivity index (χ2n) is 6.56. The summed E-state index contributed by atoms with van der Waals surface area (Å²) in [5, 5.41) is 12.6. The number of aryl methyl sites for hydroxylation is 1. The van der Waals surface area contributed by atoms with E-state index in [2.05, 4.69) is 25.2 Å². The molecular weight excluding hydrogens is 382 g/mol. The van der Waals surface area contributed by atoms with Gasteiger partial charge in [0.25, 0.3) is 0 Å². The third-order valence-electron chi connectivity index (χ3n) is 4.44. The number of carbonyl (C=O) groups is 2. The average Bonchev–Trinajstić information content (AvgIpc) is 3.10. The van der Waals surface area contributed by atoms with Gasteiger partial charge in [-0.15, -0.1) is 0 Å². The van der Waals surface area contributed by atoms with Crippen LogP contribution in [0, 0.1) is 12.8 Å². The maximum atomic E-state index is 11.8. The summed E-state index contributed by atoms with van der Waals surface area (Å²) in [5.41, 5.74) is 0. The van der Waals surface area contributed by atoms with E-state index in [1.54, 1.807) is 6.92 Å². The summed E-state index contributed by atoms with van der Waals surface area (Å²) >= 11 is 1.20. The Bertz CT molecular complexity index is 848. The lowest BCUT2D eigenvalue weighted by atomic mass is 9.94. The predicted octanol–water partition coefficient (Wildman–Crippen LogP) is 2.85. The topological polar surface area (TPSA) is 118 Å². The number of hydrogen-bond donors (Lipinski definition) is 2. The van der Waals surface area contributed by atoms with E-state index in [-0.39, 0.29) is 12.3 Å². The van der Waals surface area contributed by atoms with Gasteiger partial charge in [0.05, 0.1) is 12.8 Å². The smallest absolute Gasteiger partial charge is 0.350 e. The van der Waals surface area contributed by atoms with Gasteiger partial charge in [0.15, 0.2) is 5.13 Å². The van der Waals surface area contributed by atoms with Crippen LogP contribution >= 0.6 is 11.3 Å². The summed E-state index contributed by atoms with van der Waals surface area (Å²) in [5.74, 6) is 1.09. The highest BCUT2D eigenvalue weighted by Crippen LogP contribution is 2.27. The van der Waals surface area contributed by atoms with Crippen LogP contribution in [0.15, 0.2) is 12.3 Å². The molecule has 28 heavy (non-hydrogen) atoms. The summed E-state index contributed by atoms with van der Waals surface area (Å²) < 4.78 is 4.98. The monoisotopic (exact) mass is 405 g/mol. The van der Waals surface area contributed by atoms with Gasteiger partial charge in [-0.1, -0.05) is 11.3 Å². The quantitative estimate of drug-likeness (QED) is 0.670. The lowest BCUT2D eigenvalue weighted by Gasteiger charge is -2.32. The minimum atomic E-state index is -0.742. The molecule has 3 rings (SSSR count). The number of carbonyl (C=O) groups excluding carboxylic acids is 1. The maximum Gasteiger partial charge on any atom is 0.350 e. The fraction of sp³-hybridized carbons (Fsp3) is 0.500. The summed E-state index contributed by atoms with van der Waals surface area (Å²) in [6.45, 7) is 5.42. The van der Waals surface area contributed by atoms with Crippen molar-refractivity contribution in [1.82, 2.24) is 15.0 Å². The van der Waals surface area contributed by atoms with Gasteiger partial charge in [-0.25, -0.2) is 19.7 Å². The number of aliphatic carboxylic acids is 1. The van der Waals surface area contributed by atoms with Crippen LogP contribution in [0.1, 0.15) is 41.7 Å². The summed E-state index contributed by atoms with van der Waals surface area (Å²) in [4.78, 5) is 38.3. The number of thiazole rings is 1. The molecule has 0 saturated carbocycles. The summed E-state index contributed by atoms with van der Waals surface area (Å²) in [6.07, 6.45) is 3.35. The van der Waals surface area contributed by atoms with Crippen molar-refractivity contribution in [3.63, 3.8) is 0 Å². The highest BCUT2D eigenvalue weighted by Gasteiger charge is 2.23. The first-order chi connectivity index (χ1) is 13.4. The Morgan fingerprint density at radius 1 is 1.36 bits per heavy atom. The Morgan fingerprint density at radius 3 is 2.79 bits per heavy atom. The minimum absolute atomic E-state index is 0.214. The maximum absolute atomic E-state index is 11.8. The van der Waals surface area contributed by atoms with Gasteiger partial charge in [0.1, 0.15) is 22.3 Å². The van der Waals surface area contributed by atoms with Gasteiger partial charge in [0, 0.05) is 25.6 Å². The number of carboxylic acids is 1. The molecular formula is C18H23N5O4S. The average molecular weight is 405 g/mol. The molecule has 0 bridgehead atoms. The zero-order valence-corrected chi connectivity index (χ0v) is 16.7. The molecule has 0 atom stereocenters. The van der Waals surface area contributed by atoms with Crippen LogP contribution in [0.4, 0.5) is 16.8 Å². The standard InChI is InChI=1S/C18H23N5O4S/c1-3-27-17(26)13-10-19-18(28-13)22-14-9-15(21-11(2)20-14)23-6-4-12(5-7-23)8-16(24)25/h9-10,12H,3-8H2,1-2H3,(H,24,25)(H,19,20,21,22). The van der Waals surface area contributed by atoms with E-state index >= 15 is 0 Å². The number of aromatic nitrogens is 3. The summed E-state index contributed by atoms with van der Waals surface area (Å²) in [7, 11) is 0. The molecule has 9 nitrogen and oxygen atoms in total. The van der Waals surface area contributed by atoms with E-state index in [1.807, 2.05) is 13.0 Å². The Balaban J connectivity index is 1.67. The van der Waals surface area contributed by atoms with Crippen LogP contribution < -0.4 is 10.2 Å². The zero-order valence-electron chi connectivity index (χ0n) is 15.8. The number of carboxylic acid groups (broad SMARTS) is 1. The molecule has 0 aliphatic carbocycles. The first-order valence-electron chi connectivity index (χ1n) is 9.17. The number of anilines is 3. The highest BCUT2D eigenvalue weighted by atomic mass is 32.1. The minimum Gasteiger partial charge on any atom is -0.481 e. The molecule has 2 N–H and O–H groups in total. The molecule has 0 aromatic carbocycles. The Morgan fingerprint density at radius 2 is 2.11 bits per heavy atom. The number of nitrogens with zero attached hydrogens (tertiary/aromatic N) is 4. The van der Waals surface area contributed by atoms with Gasteiger partial charge in [0.2, 0.25) is 0 Å². The van der Waals surface area contributed by atoms with Gasteiger partial charge >= 0.3 is 11.9 Å². The van der Waals surface area contributed by atoms with E-state index in [0.717, 1.165) is 31.7 Å². The van der Waals surface area contributed by atoms with E-state index in [4.69, 9.17) is 9.84 Å². The molecule has 150 valence electrons. The number of piperidine rings is 1. The van der Waals surface area contributed by atoms with E-state index in [9.17, 15) is 9.59 Å². The van der Waals surface area contributed by atoms with Crippen molar-refractivity contribution in [2.45, 2.75) is 33.1 Å². The van der Waals surface area contributed by atoms with Gasteiger partial charge < -0.3 is 20.1 Å². The van der Waals surface area contributed by atoms with Crippen molar-refractivity contribution in [1.29, 1.82) is 0 Å². The van der Waals surface area contributed by atoms with Crippen molar-refractivity contribution < 1.29 is 19.4 Å². The molecule has 2 aromatic rings. The third kappa shape index (κ3) is 5.16. The van der Waals surface area contributed by atoms with Crippen LogP contribution in [-0.2, 0) is 9.53 Å². The molecule has 1 fully saturated rings. The van der Waals surface area contributed by atoms with Crippen LogP contribution in [0.3, 0.4) is 0 Å². The Kier molecular flexibility index (Phi) is 6.40. The van der Waals surface area contributed by atoms with Gasteiger partial charge in [-0.05, 0) is 32.6 Å². The molecule has 0 spiro atoms. The molecule has 10 heteroatoms. The first-order valence-corrected chi connectivity index (χ1v) is 9.98. The van der Waals surface area contributed by atoms with Crippen molar-refractivity contribution in [2.24, 2.45) is 5.92 Å². The lowest BCUT2D eigenvalue weighted by molar-refractivity contribution is -0.138.